The van der Waals surface area contributed by atoms with E-state index in [1.54, 1.807) is 6.08 Å². The standard InChI is InChI=1S/C18H19N2O4PS2/c1-2-19-10-9-13(14-5-3-4-6-15(14)19)7-8-16-17(21)20(18(26)27-16)11-12-25(22,23)24/h3-6,8-10,21H,2,11-12H2,1H3,(H2,22,23,24). The first-order valence-corrected chi connectivity index (χ1v) is 11.3. The average molecular weight is 422 g/mol. The summed E-state index contributed by atoms with van der Waals surface area (Å²) in [5.41, 5.74) is 6.23. The van der Waals surface area contributed by atoms with Crippen LogP contribution in [0.1, 0.15) is 17.4 Å². The molecule has 0 saturated carbocycles. The van der Waals surface area contributed by atoms with Gasteiger partial charge >= 0.3 is 7.60 Å². The fraction of sp³-hybridized carbons (Fsp3) is 0.222. The Morgan fingerprint density at radius 3 is 2.78 bits per heavy atom. The van der Waals surface area contributed by atoms with Crippen molar-refractivity contribution < 1.29 is 19.5 Å². The van der Waals surface area contributed by atoms with Crippen molar-refractivity contribution in [3.05, 3.63) is 56.7 Å². The monoisotopic (exact) mass is 422 g/mol. The number of benzene rings is 1. The maximum absolute atomic E-state index is 11.1. The van der Waals surface area contributed by atoms with Gasteiger partial charge in [0.15, 0.2) is 3.95 Å². The van der Waals surface area contributed by atoms with Crippen molar-refractivity contribution in [3.63, 3.8) is 0 Å². The van der Waals surface area contributed by atoms with Gasteiger partial charge in [-0.25, -0.2) is 0 Å². The molecule has 27 heavy (non-hydrogen) atoms. The van der Waals surface area contributed by atoms with Crippen LogP contribution >= 0.6 is 31.2 Å². The maximum atomic E-state index is 11.1. The minimum Gasteiger partial charge on any atom is -0.493 e. The molecule has 0 saturated heterocycles. The van der Waals surface area contributed by atoms with Crippen LogP contribution in [0.3, 0.4) is 0 Å². The third-order valence-corrected chi connectivity index (χ3v) is 6.30. The van der Waals surface area contributed by atoms with Crippen molar-refractivity contribution in [2.75, 3.05) is 17.6 Å². The van der Waals surface area contributed by atoms with Gasteiger partial charge in [0.1, 0.15) is 0 Å². The van der Waals surface area contributed by atoms with Crippen LogP contribution in [0.25, 0.3) is 11.6 Å². The van der Waals surface area contributed by atoms with E-state index < -0.39 is 7.60 Å². The normalized spacial score (nSPS) is 13.4. The van der Waals surface area contributed by atoms with Crippen LogP contribution < -0.4 is 4.90 Å². The molecule has 6 nitrogen and oxygen atoms in total. The van der Waals surface area contributed by atoms with Crippen LogP contribution in [-0.4, -0.2) is 32.2 Å². The summed E-state index contributed by atoms with van der Waals surface area (Å²) in [5.74, 6) is -0.102. The number of nitrogens with zero attached hydrogens (tertiary/aromatic N) is 2. The van der Waals surface area contributed by atoms with Crippen molar-refractivity contribution in [1.82, 2.24) is 4.57 Å². The third kappa shape index (κ3) is 4.50. The van der Waals surface area contributed by atoms with Crippen LogP contribution in [-0.2, 0) is 11.1 Å². The van der Waals surface area contributed by atoms with Gasteiger partial charge in [0.05, 0.1) is 11.0 Å². The van der Waals surface area contributed by atoms with E-state index in [1.807, 2.05) is 36.5 Å². The highest BCUT2D eigenvalue weighted by Crippen LogP contribution is 2.36. The van der Waals surface area contributed by atoms with Crippen molar-refractivity contribution in [2.24, 2.45) is 0 Å². The van der Waals surface area contributed by atoms with Crippen LogP contribution in [0, 0.1) is 3.95 Å². The Morgan fingerprint density at radius 2 is 2.07 bits per heavy atom. The molecule has 9 heteroatoms. The van der Waals surface area contributed by atoms with Gasteiger partial charge in [-0.15, -0.1) is 17.1 Å². The topological polar surface area (TPSA) is 85.9 Å². The lowest BCUT2D eigenvalue weighted by molar-refractivity contribution is 0.366. The second-order valence-corrected chi connectivity index (χ2v) is 9.37. The van der Waals surface area contributed by atoms with E-state index in [0.717, 1.165) is 23.4 Å². The Bertz CT molecular complexity index is 1060. The Morgan fingerprint density at radius 1 is 1.33 bits per heavy atom. The first-order chi connectivity index (χ1) is 12.8. The van der Waals surface area contributed by atoms with Crippen LogP contribution in [0.2, 0.25) is 0 Å². The number of rotatable bonds is 5. The molecule has 0 radical (unpaired) electrons. The number of hydrogen-bond acceptors (Lipinski definition) is 5. The first kappa shape index (κ1) is 19.8. The lowest BCUT2D eigenvalue weighted by atomic mass is 10.0. The number of anilines is 1. The molecule has 3 rings (SSSR count). The second kappa shape index (κ2) is 7.98. The van der Waals surface area contributed by atoms with Crippen LogP contribution in [0.4, 0.5) is 5.69 Å². The van der Waals surface area contributed by atoms with Crippen LogP contribution in [0.15, 0.2) is 42.3 Å². The molecular weight excluding hydrogens is 403 g/mol. The minimum absolute atomic E-state index is 0.0376. The number of fused-ring (bicyclic) bond motifs is 1. The molecule has 3 N–H and O–H groups in total. The summed E-state index contributed by atoms with van der Waals surface area (Å²) in [6.07, 6.45) is 5.23. The average Bonchev–Trinajstić information content (AvgIpc) is 2.90. The van der Waals surface area contributed by atoms with Crippen LogP contribution in [0.5, 0.6) is 5.88 Å². The number of thiazole rings is 1. The third-order valence-electron chi connectivity index (χ3n) is 4.13. The van der Waals surface area contributed by atoms with Crippen molar-refractivity contribution in [3.8, 4) is 5.88 Å². The number of para-hydroxylation sites is 1. The molecule has 0 atom stereocenters. The molecule has 1 aliphatic heterocycles. The van der Waals surface area contributed by atoms with Gasteiger partial charge in [-0.2, -0.15) is 0 Å². The highest BCUT2D eigenvalue weighted by Gasteiger charge is 2.17. The molecule has 0 unspecified atom stereocenters. The summed E-state index contributed by atoms with van der Waals surface area (Å²) >= 11 is 6.38. The maximum Gasteiger partial charge on any atom is 0.327 e. The Balaban J connectivity index is 1.97. The fourth-order valence-electron chi connectivity index (χ4n) is 2.77. The van der Waals surface area contributed by atoms with Gasteiger partial charge in [-0.1, -0.05) is 18.2 Å². The van der Waals surface area contributed by atoms with E-state index >= 15 is 0 Å². The largest absolute Gasteiger partial charge is 0.493 e. The fourth-order valence-corrected chi connectivity index (χ4v) is 4.47. The second-order valence-electron chi connectivity index (χ2n) is 5.92. The molecule has 0 amide bonds. The summed E-state index contributed by atoms with van der Waals surface area (Å²) < 4.78 is 12.8. The van der Waals surface area contributed by atoms with Crippen molar-refractivity contribution in [2.45, 2.75) is 13.5 Å². The summed E-state index contributed by atoms with van der Waals surface area (Å²) in [4.78, 5) is 20.7. The number of aromatic nitrogens is 1. The van der Waals surface area contributed by atoms with E-state index in [0.29, 0.717) is 8.83 Å². The van der Waals surface area contributed by atoms with E-state index in [9.17, 15) is 9.67 Å². The zero-order valence-electron chi connectivity index (χ0n) is 14.6. The predicted molar refractivity (Wildman–Crippen MR) is 112 cm³/mol. The molecular formula is C18H19N2O4PS2. The lowest BCUT2D eigenvalue weighted by Crippen LogP contribution is -2.18. The van der Waals surface area contributed by atoms with Gasteiger partial charge in [0, 0.05) is 42.2 Å². The molecule has 0 fully saturated rings. The Kier molecular flexibility index (Phi) is 5.86. The number of allylic oxidation sites excluding steroid dienone is 2. The summed E-state index contributed by atoms with van der Waals surface area (Å²) in [6, 6.07) is 8.02. The van der Waals surface area contributed by atoms with E-state index in [2.05, 4.69) is 17.6 Å². The predicted octanol–water partition coefficient (Wildman–Crippen LogP) is 4.21. The summed E-state index contributed by atoms with van der Waals surface area (Å²) in [7, 11) is -4.16. The molecule has 1 aromatic carbocycles. The van der Waals surface area contributed by atoms with Gasteiger partial charge in [-0.3, -0.25) is 9.13 Å². The van der Waals surface area contributed by atoms with Gasteiger partial charge in [-0.05, 0) is 31.3 Å². The first-order valence-electron chi connectivity index (χ1n) is 8.28. The summed E-state index contributed by atoms with van der Waals surface area (Å²) in [5, 5.41) is 10.4. The lowest BCUT2D eigenvalue weighted by Gasteiger charge is -2.25. The zero-order chi connectivity index (χ0) is 19.6. The molecule has 1 aliphatic rings. The molecule has 2 aromatic rings. The molecule has 2 heterocycles. The number of hydrogen-bond donors (Lipinski definition) is 3. The minimum atomic E-state index is -4.16. The van der Waals surface area contributed by atoms with Gasteiger partial charge < -0.3 is 19.8 Å². The van der Waals surface area contributed by atoms with E-state index in [4.69, 9.17) is 22.0 Å². The van der Waals surface area contributed by atoms with Gasteiger partial charge in [0.25, 0.3) is 0 Å². The molecule has 0 spiro atoms. The Hall–Kier alpha value is -1.92. The highest BCUT2D eigenvalue weighted by molar-refractivity contribution is 7.73. The summed E-state index contributed by atoms with van der Waals surface area (Å²) in [6.45, 7) is 2.90. The highest BCUT2D eigenvalue weighted by atomic mass is 32.1. The van der Waals surface area contributed by atoms with Gasteiger partial charge in [0.2, 0.25) is 5.88 Å². The molecule has 142 valence electrons. The van der Waals surface area contributed by atoms with Crippen molar-refractivity contribution in [1.29, 1.82) is 0 Å². The number of aromatic hydroxyl groups is 1. The Labute approximate surface area is 166 Å². The SMILES string of the molecule is CCN1C=CC(=C=Cc2sc(=S)n(CCP(=O)(O)O)c2O)c2ccccc21. The zero-order valence-corrected chi connectivity index (χ0v) is 17.1. The van der Waals surface area contributed by atoms with E-state index in [-0.39, 0.29) is 18.6 Å². The smallest absolute Gasteiger partial charge is 0.327 e. The molecule has 0 bridgehead atoms. The quantitative estimate of drug-likeness (QED) is 0.380. The molecule has 0 aliphatic carbocycles. The molecule has 1 aromatic heterocycles. The van der Waals surface area contributed by atoms with Crippen molar-refractivity contribution >= 4 is 48.5 Å². The van der Waals surface area contributed by atoms with E-state index in [1.165, 1.54) is 15.9 Å².